The summed E-state index contributed by atoms with van der Waals surface area (Å²) in [6.07, 6.45) is 9.43. The monoisotopic (exact) mass is 251 g/mol. The zero-order valence-electron chi connectivity index (χ0n) is 12.3. The Balaban J connectivity index is 1.79. The fourth-order valence-electron chi connectivity index (χ4n) is 5.00. The van der Waals surface area contributed by atoms with Gasteiger partial charge in [0.15, 0.2) is 0 Å². The highest BCUT2D eigenvalue weighted by Gasteiger charge is 2.63. The molecule has 0 heterocycles. The molecule has 3 atom stereocenters. The van der Waals surface area contributed by atoms with Crippen molar-refractivity contribution in [1.82, 2.24) is 0 Å². The van der Waals surface area contributed by atoms with Gasteiger partial charge in [0.25, 0.3) is 0 Å². The molecule has 3 aliphatic rings. The molecular weight excluding hydrogens is 222 g/mol. The van der Waals surface area contributed by atoms with Gasteiger partial charge in [-0.05, 0) is 48.9 Å². The third kappa shape index (κ3) is 1.54. The summed E-state index contributed by atoms with van der Waals surface area (Å²) in [5.41, 5.74) is 6.88. The van der Waals surface area contributed by atoms with Gasteiger partial charge < -0.3 is 10.5 Å². The zero-order chi connectivity index (χ0) is 13.0. The predicted molar refractivity (Wildman–Crippen MR) is 74.4 cm³/mol. The van der Waals surface area contributed by atoms with Crippen molar-refractivity contribution in [1.29, 1.82) is 0 Å². The molecule has 104 valence electrons. The number of ether oxygens (including phenoxy) is 1. The molecule has 0 amide bonds. The molecule has 0 aromatic heterocycles. The van der Waals surface area contributed by atoms with Crippen LogP contribution < -0.4 is 5.73 Å². The van der Waals surface area contributed by atoms with E-state index in [2.05, 4.69) is 20.8 Å². The molecule has 3 rings (SSSR count). The van der Waals surface area contributed by atoms with Crippen LogP contribution in [0.3, 0.4) is 0 Å². The van der Waals surface area contributed by atoms with Crippen molar-refractivity contribution < 1.29 is 4.74 Å². The van der Waals surface area contributed by atoms with Crippen molar-refractivity contribution in [3.8, 4) is 0 Å². The van der Waals surface area contributed by atoms with E-state index in [0.717, 1.165) is 5.92 Å². The second-order valence-electron chi connectivity index (χ2n) is 7.81. The van der Waals surface area contributed by atoms with E-state index in [1.54, 1.807) is 0 Å². The Bertz CT molecular complexity index is 332. The molecule has 2 N–H and O–H groups in total. The van der Waals surface area contributed by atoms with Gasteiger partial charge in [-0.2, -0.15) is 0 Å². The summed E-state index contributed by atoms with van der Waals surface area (Å²) in [7, 11) is 0. The van der Waals surface area contributed by atoms with Crippen LogP contribution in [-0.2, 0) is 4.74 Å². The van der Waals surface area contributed by atoms with Crippen LogP contribution in [0.4, 0.5) is 0 Å². The number of nitrogens with two attached hydrogens (primary N) is 1. The summed E-state index contributed by atoms with van der Waals surface area (Å²) in [4.78, 5) is 0. The maximum atomic E-state index is 6.66. The van der Waals surface area contributed by atoms with Crippen molar-refractivity contribution in [3.05, 3.63) is 0 Å². The second-order valence-corrected chi connectivity index (χ2v) is 7.81. The first-order valence-electron chi connectivity index (χ1n) is 7.81. The number of rotatable bonds is 3. The molecule has 0 spiro atoms. The maximum Gasteiger partial charge on any atom is 0.0808 e. The Hall–Kier alpha value is -0.0800. The summed E-state index contributed by atoms with van der Waals surface area (Å²) in [5, 5.41) is 0. The van der Waals surface area contributed by atoms with Gasteiger partial charge >= 0.3 is 0 Å². The molecule has 18 heavy (non-hydrogen) atoms. The van der Waals surface area contributed by atoms with Gasteiger partial charge in [0, 0.05) is 6.54 Å². The average Bonchev–Trinajstić information content (AvgIpc) is 2.93. The SMILES string of the molecule is CC1(C)C2CCC1(C)C(OC1(CN)CCCC1)C2. The molecule has 0 aliphatic heterocycles. The molecule has 3 fully saturated rings. The van der Waals surface area contributed by atoms with E-state index < -0.39 is 0 Å². The van der Waals surface area contributed by atoms with E-state index in [4.69, 9.17) is 10.5 Å². The Morgan fingerprint density at radius 3 is 2.22 bits per heavy atom. The van der Waals surface area contributed by atoms with Crippen LogP contribution in [-0.4, -0.2) is 18.2 Å². The standard InChI is InChI=1S/C16H29NO/c1-14(2)12-6-9-15(14,3)13(10-12)18-16(11-17)7-4-5-8-16/h12-13H,4-11,17H2,1-3H3. The van der Waals surface area contributed by atoms with E-state index in [0.29, 0.717) is 23.5 Å². The maximum absolute atomic E-state index is 6.66. The molecule has 3 saturated carbocycles. The summed E-state index contributed by atoms with van der Waals surface area (Å²) >= 11 is 0. The van der Waals surface area contributed by atoms with Gasteiger partial charge in [-0.1, -0.05) is 33.6 Å². The lowest BCUT2D eigenvalue weighted by atomic mass is 9.70. The third-order valence-electron chi connectivity index (χ3n) is 6.99. The Kier molecular flexibility index (Phi) is 2.84. The summed E-state index contributed by atoms with van der Waals surface area (Å²) in [5.74, 6) is 0.865. The van der Waals surface area contributed by atoms with Crippen LogP contribution in [0.15, 0.2) is 0 Å². The molecule has 0 aromatic rings. The minimum absolute atomic E-state index is 0.0221. The highest BCUT2D eigenvalue weighted by molar-refractivity contribution is 5.12. The lowest BCUT2D eigenvalue weighted by Gasteiger charge is -2.43. The van der Waals surface area contributed by atoms with E-state index in [1.165, 1.54) is 44.9 Å². The lowest BCUT2D eigenvalue weighted by Crippen LogP contribution is -2.46. The van der Waals surface area contributed by atoms with Crippen LogP contribution in [0, 0.1) is 16.7 Å². The number of hydrogen-bond acceptors (Lipinski definition) is 2. The van der Waals surface area contributed by atoms with Crippen molar-refractivity contribution in [2.45, 2.75) is 77.4 Å². The van der Waals surface area contributed by atoms with Crippen molar-refractivity contribution >= 4 is 0 Å². The van der Waals surface area contributed by atoms with Gasteiger partial charge in [-0.25, -0.2) is 0 Å². The molecule has 0 aromatic carbocycles. The van der Waals surface area contributed by atoms with Crippen molar-refractivity contribution in [3.63, 3.8) is 0 Å². The molecular formula is C16H29NO. The molecule has 0 saturated heterocycles. The Morgan fingerprint density at radius 2 is 1.78 bits per heavy atom. The smallest absolute Gasteiger partial charge is 0.0808 e. The minimum atomic E-state index is 0.0221. The first-order chi connectivity index (χ1) is 8.44. The van der Waals surface area contributed by atoms with E-state index in [1.807, 2.05) is 0 Å². The molecule has 2 heteroatoms. The van der Waals surface area contributed by atoms with Gasteiger partial charge in [-0.15, -0.1) is 0 Å². The first-order valence-corrected chi connectivity index (χ1v) is 7.81. The molecule has 2 nitrogen and oxygen atoms in total. The van der Waals surface area contributed by atoms with Crippen LogP contribution in [0.5, 0.6) is 0 Å². The fraction of sp³-hybridized carbons (Fsp3) is 1.00. The lowest BCUT2D eigenvalue weighted by molar-refractivity contribution is -0.136. The van der Waals surface area contributed by atoms with Crippen molar-refractivity contribution in [2.24, 2.45) is 22.5 Å². The van der Waals surface area contributed by atoms with E-state index >= 15 is 0 Å². The summed E-state index contributed by atoms with van der Waals surface area (Å²) in [6, 6.07) is 0. The fourth-order valence-corrected chi connectivity index (χ4v) is 5.00. The summed E-state index contributed by atoms with van der Waals surface area (Å²) < 4.78 is 6.66. The van der Waals surface area contributed by atoms with E-state index in [-0.39, 0.29) is 5.60 Å². The third-order valence-corrected chi connectivity index (χ3v) is 6.99. The quantitative estimate of drug-likeness (QED) is 0.833. The first kappa shape index (κ1) is 12.9. The van der Waals surface area contributed by atoms with Gasteiger partial charge in [0.05, 0.1) is 11.7 Å². The Morgan fingerprint density at radius 1 is 1.11 bits per heavy atom. The number of hydrogen-bond donors (Lipinski definition) is 1. The normalized spacial score (nSPS) is 44.7. The van der Waals surface area contributed by atoms with Gasteiger partial charge in [-0.3, -0.25) is 0 Å². The van der Waals surface area contributed by atoms with E-state index in [9.17, 15) is 0 Å². The van der Waals surface area contributed by atoms with Crippen LogP contribution in [0.2, 0.25) is 0 Å². The molecule has 0 radical (unpaired) electrons. The predicted octanol–water partition coefficient (Wildman–Crippen LogP) is 3.49. The molecule has 3 aliphatic carbocycles. The minimum Gasteiger partial charge on any atom is -0.370 e. The van der Waals surface area contributed by atoms with Crippen LogP contribution >= 0.6 is 0 Å². The van der Waals surface area contributed by atoms with Crippen LogP contribution in [0.25, 0.3) is 0 Å². The molecule has 2 bridgehead atoms. The summed E-state index contributed by atoms with van der Waals surface area (Å²) in [6.45, 7) is 8.09. The highest BCUT2D eigenvalue weighted by Crippen LogP contribution is 2.66. The van der Waals surface area contributed by atoms with Gasteiger partial charge in [0.1, 0.15) is 0 Å². The zero-order valence-corrected chi connectivity index (χ0v) is 12.3. The largest absolute Gasteiger partial charge is 0.370 e. The second kappa shape index (κ2) is 3.96. The average molecular weight is 251 g/mol. The van der Waals surface area contributed by atoms with Crippen LogP contribution in [0.1, 0.15) is 65.7 Å². The molecule has 3 unspecified atom stereocenters. The van der Waals surface area contributed by atoms with Crippen molar-refractivity contribution in [2.75, 3.05) is 6.54 Å². The topological polar surface area (TPSA) is 35.2 Å². The van der Waals surface area contributed by atoms with Gasteiger partial charge in [0.2, 0.25) is 0 Å². The number of fused-ring (bicyclic) bond motifs is 2. The Labute approximate surface area is 112 Å². The highest BCUT2D eigenvalue weighted by atomic mass is 16.5.